The highest BCUT2D eigenvalue weighted by Gasteiger charge is 2.17. The van der Waals surface area contributed by atoms with Gasteiger partial charge in [0.15, 0.2) is 0 Å². The second-order valence-corrected chi connectivity index (χ2v) is 4.21. The van der Waals surface area contributed by atoms with Gasteiger partial charge in [-0.25, -0.2) is 8.78 Å². The molecule has 0 saturated carbocycles. The molecule has 0 aliphatic carbocycles. The molecule has 0 radical (unpaired) electrons. The average molecular weight is 227 g/mol. The molecule has 1 aromatic rings. The minimum Gasteiger partial charge on any atom is -0.345 e. The van der Waals surface area contributed by atoms with Crippen molar-refractivity contribution in [3.63, 3.8) is 0 Å². The number of hydrogen-bond acceptors (Lipinski definition) is 1. The minimum atomic E-state index is -0.666. The van der Waals surface area contributed by atoms with Crippen LogP contribution in [0.1, 0.15) is 35.7 Å². The SMILES string of the molecule is CC(C)c1c(F)cc(C(=O)N(C)C)cc1F. The smallest absolute Gasteiger partial charge is 0.253 e. The monoisotopic (exact) mass is 227 g/mol. The van der Waals surface area contributed by atoms with Gasteiger partial charge in [-0.05, 0) is 18.1 Å². The molecule has 88 valence electrons. The first kappa shape index (κ1) is 12.6. The second-order valence-electron chi connectivity index (χ2n) is 4.21. The first-order valence-corrected chi connectivity index (χ1v) is 5.05. The van der Waals surface area contributed by atoms with Crippen molar-refractivity contribution in [2.24, 2.45) is 0 Å². The average Bonchev–Trinajstić information content (AvgIpc) is 2.14. The zero-order chi connectivity index (χ0) is 12.5. The summed E-state index contributed by atoms with van der Waals surface area (Å²) in [7, 11) is 3.07. The maximum absolute atomic E-state index is 13.6. The van der Waals surface area contributed by atoms with Crippen molar-refractivity contribution in [1.29, 1.82) is 0 Å². The molecule has 1 rings (SSSR count). The Morgan fingerprint density at radius 3 is 1.94 bits per heavy atom. The van der Waals surface area contributed by atoms with Crippen LogP contribution in [0.3, 0.4) is 0 Å². The Kier molecular flexibility index (Phi) is 3.62. The van der Waals surface area contributed by atoms with E-state index in [0.717, 1.165) is 12.1 Å². The van der Waals surface area contributed by atoms with Crippen molar-refractivity contribution in [3.05, 3.63) is 34.9 Å². The number of halogens is 2. The van der Waals surface area contributed by atoms with E-state index in [1.165, 1.54) is 19.0 Å². The van der Waals surface area contributed by atoms with Crippen LogP contribution in [-0.4, -0.2) is 24.9 Å². The molecule has 0 bridgehead atoms. The quantitative estimate of drug-likeness (QED) is 0.760. The summed E-state index contributed by atoms with van der Waals surface area (Å²) in [5.41, 5.74) is 0.0553. The molecule has 16 heavy (non-hydrogen) atoms. The molecule has 2 nitrogen and oxygen atoms in total. The third-order valence-corrected chi connectivity index (χ3v) is 2.31. The van der Waals surface area contributed by atoms with E-state index in [9.17, 15) is 13.6 Å². The molecule has 0 unspecified atom stereocenters. The lowest BCUT2D eigenvalue weighted by molar-refractivity contribution is 0.0826. The van der Waals surface area contributed by atoms with E-state index in [4.69, 9.17) is 0 Å². The molecular weight excluding hydrogens is 212 g/mol. The Balaban J connectivity index is 3.25. The first-order valence-electron chi connectivity index (χ1n) is 5.05. The maximum Gasteiger partial charge on any atom is 0.253 e. The highest BCUT2D eigenvalue weighted by molar-refractivity contribution is 5.93. The van der Waals surface area contributed by atoms with Gasteiger partial charge in [0.25, 0.3) is 5.91 Å². The van der Waals surface area contributed by atoms with Crippen LogP contribution in [0, 0.1) is 11.6 Å². The van der Waals surface area contributed by atoms with E-state index in [2.05, 4.69) is 0 Å². The van der Waals surface area contributed by atoms with Crippen molar-refractivity contribution in [3.8, 4) is 0 Å². The largest absolute Gasteiger partial charge is 0.345 e. The summed E-state index contributed by atoms with van der Waals surface area (Å²) in [5, 5.41) is 0. The number of carbonyl (C=O) groups excluding carboxylic acids is 1. The molecule has 1 aromatic carbocycles. The van der Waals surface area contributed by atoms with E-state index in [1.54, 1.807) is 13.8 Å². The summed E-state index contributed by atoms with van der Waals surface area (Å²) in [6.07, 6.45) is 0. The predicted molar refractivity (Wildman–Crippen MR) is 58.5 cm³/mol. The molecular formula is C12H15F2NO. The van der Waals surface area contributed by atoms with Gasteiger partial charge in [0.1, 0.15) is 11.6 Å². The fourth-order valence-electron chi connectivity index (χ4n) is 1.52. The van der Waals surface area contributed by atoms with Gasteiger partial charge in [0, 0.05) is 25.2 Å². The zero-order valence-electron chi connectivity index (χ0n) is 9.84. The zero-order valence-corrected chi connectivity index (χ0v) is 9.84. The van der Waals surface area contributed by atoms with Crippen molar-refractivity contribution in [1.82, 2.24) is 4.90 Å². The third kappa shape index (κ3) is 2.38. The summed E-state index contributed by atoms with van der Waals surface area (Å²) in [6, 6.07) is 2.17. The Labute approximate surface area is 93.9 Å². The van der Waals surface area contributed by atoms with Gasteiger partial charge in [0.05, 0.1) is 0 Å². The van der Waals surface area contributed by atoms with Crippen molar-refractivity contribution in [2.75, 3.05) is 14.1 Å². The van der Waals surface area contributed by atoms with E-state index in [-0.39, 0.29) is 17.0 Å². The van der Waals surface area contributed by atoms with Crippen LogP contribution in [0.4, 0.5) is 8.78 Å². The molecule has 0 aromatic heterocycles. The molecule has 0 aliphatic heterocycles. The molecule has 0 aliphatic rings. The minimum absolute atomic E-state index is 0.0234. The number of benzene rings is 1. The Morgan fingerprint density at radius 1 is 1.19 bits per heavy atom. The molecule has 0 spiro atoms. The van der Waals surface area contributed by atoms with Gasteiger partial charge < -0.3 is 4.90 Å². The van der Waals surface area contributed by atoms with E-state index < -0.39 is 17.5 Å². The number of carbonyl (C=O) groups is 1. The first-order chi connectivity index (χ1) is 7.34. The molecule has 0 saturated heterocycles. The summed E-state index contributed by atoms with van der Waals surface area (Å²) in [4.78, 5) is 12.8. The number of hydrogen-bond donors (Lipinski definition) is 0. The van der Waals surface area contributed by atoms with Crippen molar-refractivity contribution < 1.29 is 13.6 Å². The fraction of sp³-hybridized carbons (Fsp3) is 0.417. The van der Waals surface area contributed by atoms with Crippen LogP contribution in [0.2, 0.25) is 0 Å². The van der Waals surface area contributed by atoms with Gasteiger partial charge in [-0.1, -0.05) is 13.8 Å². The van der Waals surface area contributed by atoms with Gasteiger partial charge in [-0.15, -0.1) is 0 Å². The molecule has 0 N–H and O–H groups in total. The van der Waals surface area contributed by atoms with Crippen LogP contribution >= 0.6 is 0 Å². The van der Waals surface area contributed by atoms with Gasteiger partial charge in [-0.2, -0.15) is 0 Å². The van der Waals surface area contributed by atoms with Gasteiger partial charge in [0.2, 0.25) is 0 Å². The molecule has 0 fully saturated rings. The van der Waals surface area contributed by atoms with Crippen LogP contribution in [0.25, 0.3) is 0 Å². The Bertz CT molecular complexity index is 390. The topological polar surface area (TPSA) is 20.3 Å². The number of rotatable bonds is 2. The van der Waals surface area contributed by atoms with Crippen molar-refractivity contribution in [2.45, 2.75) is 19.8 Å². The fourth-order valence-corrected chi connectivity index (χ4v) is 1.52. The van der Waals surface area contributed by atoms with E-state index in [0.29, 0.717) is 0 Å². The highest BCUT2D eigenvalue weighted by atomic mass is 19.1. The summed E-state index contributed by atoms with van der Waals surface area (Å²) in [6.45, 7) is 3.41. The standard InChI is InChI=1S/C12H15F2NO/c1-7(2)11-9(13)5-8(6-10(11)14)12(16)15(3)4/h5-7H,1-4H3. The molecule has 0 heterocycles. The number of amides is 1. The second kappa shape index (κ2) is 4.60. The van der Waals surface area contributed by atoms with E-state index in [1.807, 2.05) is 0 Å². The molecule has 1 amide bonds. The Morgan fingerprint density at radius 2 is 1.62 bits per heavy atom. The summed E-state index contributed by atoms with van der Waals surface area (Å²) in [5.74, 6) is -1.99. The lowest BCUT2D eigenvalue weighted by Crippen LogP contribution is -2.22. The molecule has 0 atom stereocenters. The van der Waals surface area contributed by atoms with Crippen LogP contribution in [0.15, 0.2) is 12.1 Å². The molecule has 4 heteroatoms. The van der Waals surface area contributed by atoms with Gasteiger partial charge in [-0.3, -0.25) is 4.79 Å². The summed E-state index contributed by atoms with van der Waals surface area (Å²) < 4.78 is 27.1. The lowest BCUT2D eigenvalue weighted by Gasteiger charge is -2.13. The van der Waals surface area contributed by atoms with Crippen LogP contribution < -0.4 is 0 Å². The normalized spacial score (nSPS) is 10.7. The lowest BCUT2D eigenvalue weighted by atomic mass is 9.99. The third-order valence-electron chi connectivity index (χ3n) is 2.31. The maximum atomic E-state index is 13.6. The number of nitrogens with zero attached hydrogens (tertiary/aromatic N) is 1. The van der Waals surface area contributed by atoms with Crippen LogP contribution in [0.5, 0.6) is 0 Å². The Hall–Kier alpha value is -1.45. The van der Waals surface area contributed by atoms with Crippen molar-refractivity contribution >= 4 is 5.91 Å². The van der Waals surface area contributed by atoms with E-state index >= 15 is 0 Å². The summed E-state index contributed by atoms with van der Waals surface area (Å²) >= 11 is 0. The predicted octanol–water partition coefficient (Wildman–Crippen LogP) is 2.79. The van der Waals surface area contributed by atoms with Gasteiger partial charge >= 0.3 is 0 Å². The van der Waals surface area contributed by atoms with Crippen LogP contribution in [-0.2, 0) is 0 Å². The highest BCUT2D eigenvalue weighted by Crippen LogP contribution is 2.23.